The number of hydrogen-bond acceptors (Lipinski definition) is 1. The van der Waals surface area contributed by atoms with Crippen LogP contribution >= 0.6 is 0 Å². The number of alkyl halides is 3. The molecule has 0 N–H and O–H groups in total. The van der Waals surface area contributed by atoms with Crippen LogP contribution in [-0.4, -0.2) is 12.8 Å². The van der Waals surface area contributed by atoms with E-state index in [9.17, 15) is 17.6 Å². The minimum absolute atomic E-state index is 0.279. The highest BCUT2D eigenvalue weighted by Gasteiger charge is 2.25. The number of halogens is 4. The molecule has 0 unspecified atom stereocenters. The van der Waals surface area contributed by atoms with Crippen molar-refractivity contribution in [3.63, 3.8) is 0 Å². The molecular formula is C6H6F4O. The van der Waals surface area contributed by atoms with Crippen LogP contribution in [0.5, 0.6) is 0 Å². The maximum absolute atomic E-state index is 12.0. The van der Waals surface area contributed by atoms with Gasteiger partial charge in [-0.3, -0.25) is 0 Å². The number of rotatable bonds is 3. The molecule has 0 amide bonds. The molecule has 0 aromatic rings. The molecule has 0 aromatic heterocycles. The highest BCUT2D eigenvalue weighted by molar-refractivity contribution is 4.90. The van der Waals surface area contributed by atoms with Gasteiger partial charge in [0.25, 0.3) is 6.01 Å². The van der Waals surface area contributed by atoms with Crippen LogP contribution in [-0.2, 0) is 4.74 Å². The molecule has 11 heavy (non-hydrogen) atoms. The second-order valence-electron chi connectivity index (χ2n) is 1.59. The van der Waals surface area contributed by atoms with Gasteiger partial charge in [-0.2, -0.15) is 17.6 Å². The molecule has 1 nitrogen and oxygen atoms in total. The minimum atomic E-state index is -4.68. The van der Waals surface area contributed by atoms with Crippen molar-refractivity contribution in [2.45, 2.75) is 6.18 Å². The molecule has 0 fully saturated rings. The number of hydrogen-bond donors (Lipinski definition) is 0. The number of ether oxygens (including phenoxy) is 1. The van der Waals surface area contributed by atoms with Crippen LogP contribution in [0.2, 0.25) is 0 Å². The van der Waals surface area contributed by atoms with E-state index in [4.69, 9.17) is 0 Å². The molecule has 0 bridgehead atoms. The minimum Gasteiger partial charge on any atom is -0.467 e. The first-order chi connectivity index (χ1) is 4.95. The third-order valence-electron chi connectivity index (χ3n) is 0.616. The first-order valence-electron chi connectivity index (χ1n) is 2.64. The van der Waals surface area contributed by atoms with E-state index in [0.717, 1.165) is 6.08 Å². The predicted molar refractivity (Wildman–Crippen MR) is 31.4 cm³/mol. The average Bonchev–Trinajstić information content (AvgIpc) is 1.79. The molecule has 0 spiro atoms. The molecule has 64 valence electrons. The van der Waals surface area contributed by atoms with E-state index in [2.05, 4.69) is 11.3 Å². The number of allylic oxidation sites excluding steroid dienone is 1. The summed E-state index contributed by atoms with van der Waals surface area (Å²) in [4.78, 5) is 0. The zero-order chi connectivity index (χ0) is 8.91. The van der Waals surface area contributed by atoms with Gasteiger partial charge < -0.3 is 4.74 Å². The largest absolute Gasteiger partial charge is 0.467 e. The quantitative estimate of drug-likeness (QED) is 0.359. The Morgan fingerprint density at radius 1 is 1.45 bits per heavy atom. The van der Waals surface area contributed by atoms with Gasteiger partial charge in [0, 0.05) is 0 Å². The monoisotopic (exact) mass is 170 g/mol. The standard InChI is InChI=1S/C6H6F4O/c1-2-3-11-5(7)4-6(8,9)10/h2,4H,1,3H2/b5-4+. The molecular weight excluding hydrogens is 164 g/mol. The van der Waals surface area contributed by atoms with Crippen molar-refractivity contribution in [3.05, 3.63) is 24.7 Å². The molecule has 0 saturated heterocycles. The summed E-state index contributed by atoms with van der Waals surface area (Å²) in [5.41, 5.74) is 0. The van der Waals surface area contributed by atoms with Gasteiger partial charge in [-0.1, -0.05) is 12.7 Å². The fourth-order valence-electron chi connectivity index (χ4n) is 0.309. The Kier molecular flexibility index (Phi) is 3.64. The SMILES string of the molecule is C=CCO/C(F)=C/C(F)(F)F. The Morgan fingerprint density at radius 2 is 2.00 bits per heavy atom. The lowest BCUT2D eigenvalue weighted by molar-refractivity contribution is -0.0848. The molecule has 0 heterocycles. The summed E-state index contributed by atoms with van der Waals surface area (Å²) in [7, 11) is 0. The maximum atomic E-state index is 12.0. The van der Waals surface area contributed by atoms with E-state index >= 15 is 0 Å². The normalized spacial score (nSPS) is 12.9. The van der Waals surface area contributed by atoms with E-state index in [1.54, 1.807) is 0 Å². The fraction of sp³-hybridized carbons (Fsp3) is 0.333. The van der Waals surface area contributed by atoms with Crippen molar-refractivity contribution in [2.75, 3.05) is 6.61 Å². The van der Waals surface area contributed by atoms with Crippen molar-refractivity contribution < 1.29 is 22.3 Å². The lowest BCUT2D eigenvalue weighted by Crippen LogP contribution is -2.03. The van der Waals surface area contributed by atoms with Crippen LogP contribution in [0.15, 0.2) is 24.7 Å². The molecule has 0 aliphatic carbocycles. The predicted octanol–water partition coefficient (Wildman–Crippen LogP) is 2.56. The van der Waals surface area contributed by atoms with Crippen molar-refractivity contribution in [2.24, 2.45) is 0 Å². The molecule has 5 heteroatoms. The topological polar surface area (TPSA) is 9.23 Å². The van der Waals surface area contributed by atoms with Gasteiger partial charge in [-0.05, 0) is 0 Å². The summed E-state index contributed by atoms with van der Waals surface area (Å²) in [6.45, 7) is 2.85. The molecule has 0 atom stereocenters. The third kappa shape index (κ3) is 6.89. The van der Waals surface area contributed by atoms with E-state index in [1.807, 2.05) is 0 Å². The van der Waals surface area contributed by atoms with Crippen LogP contribution in [0.4, 0.5) is 17.6 Å². The smallest absolute Gasteiger partial charge is 0.415 e. The van der Waals surface area contributed by atoms with Crippen LogP contribution in [0.3, 0.4) is 0 Å². The van der Waals surface area contributed by atoms with Crippen molar-refractivity contribution in [1.29, 1.82) is 0 Å². The van der Waals surface area contributed by atoms with E-state index in [0.29, 0.717) is 0 Å². The fourth-order valence-corrected chi connectivity index (χ4v) is 0.309. The van der Waals surface area contributed by atoms with E-state index < -0.39 is 18.3 Å². The molecule has 0 radical (unpaired) electrons. The average molecular weight is 170 g/mol. The lowest BCUT2D eigenvalue weighted by atomic mass is 10.6. The Balaban J connectivity index is 3.90. The van der Waals surface area contributed by atoms with Gasteiger partial charge in [0.1, 0.15) is 6.61 Å². The Morgan fingerprint density at radius 3 is 2.36 bits per heavy atom. The highest BCUT2D eigenvalue weighted by atomic mass is 19.4. The molecule has 0 aliphatic rings. The molecule has 0 aromatic carbocycles. The first kappa shape index (κ1) is 10.0. The first-order valence-corrected chi connectivity index (χ1v) is 2.64. The summed E-state index contributed by atoms with van der Waals surface area (Å²) in [6.07, 6.45) is -4.09. The third-order valence-corrected chi connectivity index (χ3v) is 0.616. The lowest BCUT2D eigenvalue weighted by Gasteiger charge is -2.00. The van der Waals surface area contributed by atoms with E-state index in [1.165, 1.54) is 0 Å². The van der Waals surface area contributed by atoms with Crippen LogP contribution in [0, 0.1) is 0 Å². The maximum Gasteiger partial charge on any atom is 0.415 e. The second kappa shape index (κ2) is 4.00. The highest BCUT2D eigenvalue weighted by Crippen LogP contribution is 2.19. The van der Waals surface area contributed by atoms with Crippen LogP contribution in [0.1, 0.15) is 0 Å². The van der Waals surface area contributed by atoms with E-state index in [-0.39, 0.29) is 6.61 Å². The summed E-state index contributed by atoms with van der Waals surface area (Å²) < 4.78 is 49.8. The Bertz CT molecular complexity index is 158. The summed E-state index contributed by atoms with van der Waals surface area (Å²) in [6, 6.07) is -1.66. The van der Waals surface area contributed by atoms with Gasteiger partial charge in [0.2, 0.25) is 0 Å². The van der Waals surface area contributed by atoms with Gasteiger partial charge in [0.05, 0.1) is 6.08 Å². The second-order valence-corrected chi connectivity index (χ2v) is 1.59. The van der Waals surface area contributed by atoms with Crippen LogP contribution in [0.25, 0.3) is 0 Å². The van der Waals surface area contributed by atoms with Crippen LogP contribution < -0.4 is 0 Å². The Labute approximate surface area is 61.0 Å². The summed E-state index contributed by atoms with van der Waals surface area (Å²) in [5, 5.41) is 0. The zero-order valence-corrected chi connectivity index (χ0v) is 5.49. The molecule has 0 aliphatic heterocycles. The Hall–Kier alpha value is -1.00. The van der Waals surface area contributed by atoms with Gasteiger partial charge in [0.15, 0.2) is 0 Å². The zero-order valence-electron chi connectivity index (χ0n) is 5.49. The van der Waals surface area contributed by atoms with Crippen molar-refractivity contribution in [3.8, 4) is 0 Å². The summed E-state index contributed by atoms with van der Waals surface area (Å²) in [5.74, 6) is 0. The van der Waals surface area contributed by atoms with Gasteiger partial charge >= 0.3 is 6.18 Å². The van der Waals surface area contributed by atoms with Crippen molar-refractivity contribution in [1.82, 2.24) is 0 Å². The van der Waals surface area contributed by atoms with Gasteiger partial charge in [-0.15, -0.1) is 0 Å². The van der Waals surface area contributed by atoms with Crippen molar-refractivity contribution >= 4 is 0 Å². The van der Waals surface area contributed by atoms with Gasteiger partial charge in [-0.25, -0.2) is 0 Å². The molecule has 0 rings (SSSR count). The molecule has 0 saturated carbocycles. The summed E-state index contributed by atoms with van der Waals surface area (Å²) >= 11 is 0.